The van der Waals surface area contributed by atoms with Gasteiger partial charge in [0.1, 0.15) is 0 Å². The highest BCUT2D eigenvalue weighted by atomic mass is 32.1. The molecule has 0 radical (unpaired) electrons. The van der Waals surface area contributed by atoms with Gasteiger partial charge in [-0.25, -0.2) is 0 Å². The summed E-state index contributed by atoms with van der Waals surface area (Å²) in [5.74, 6) is 0. The average molecular weight is 567 g/mol. The Bertz CT molecular complexity index is 2410. The van der Waals surface area contributed by atoms with Crippen molar-refractivity contribution in [2.45, 2.75) is 0 Å². The minimum Gasteiger partial charge on any atom is -0.134 e. The molecule has 0 saturated carbocycles. The van der Waals surface area contributed by atoms with Gasteiger partial charge in [-0.05, 0) is 100 Å². The highest BCUT2D eigenvalue weighted by Gasteiger charge is 2.16. The molecule has 194 valence electrons. The van der Waals surface area contributed by atoms with Gasteiger partial charge in [0.25, 0.3) is 0 Å². The lowest BCUT2D eigenvalue weighted by Crippen LogP contribution is -1.85. The van der Waals surface area contributed by atoms with Crippen molar-refractivity contribution in [3.05, 3.63) is 133 Å². The van der Waals surface area contributed by atoms with Crippen molar-refractivity contribution in [2.75, 3.05) is 0 Å². The molecule has 10 aromatic rings. The molecule has 0 atom stereocenters. The number of hydrogen-bond donors (Lipinski definition) is 0. The standard InChI is InChI=1S/C40H22S2/c1-3-23-7-9-27-11-15-29(31-17-13-25(5-1)37(23)39(27)31)33-19-21-35(41-33)36-22-20-34(42-36)30-16-12-28-10-8-24-4-2-6-26-14-18-32(30)40(28)38(24)26/h1-22H. The molecule has 0 N–H and O–H groups in total. The zero-order valence-corrected chi connectivity index (χ0v) is 24.2. The lowest BCUT2D eigenvalue weighted by atomic mass is 9.91. The largest absolute Gasteiger partial charge is 0.134 e. The molecule has 2 heterocycles. The SMILES string of the molecule is c1cc2ccc3ccc(-c4ccc(-c5ccc(-c6ccc7ccc8cccc9ccc6c7c89)s5)s4)c4ccc(c1)c2c34. The van der Waals surface area contributed by atoms with Crippen molar-refractivity contribution in [1.29, 1.82) is 0 Å². The van der Waals surface area contributed by atoms with E-state index < -0.39 is 0 Å². The highest BCUT2D eigenvalue weighted by Crippen LogP contribution is 2.46. The van der Waals surface area contributed by atoms with Crippen LogP contribution in [0.1, 0.15) is 0 Å². The maximum atomic E-state index is 2.32. The molecule has 10 rings (SSSR count). The minimum absolute atomic E-state index is 1.31. The molecule has 42 heavy (non-hydrogen) atoms. The normalized spacial score (nSPS) is 12.3. The van der Waals surface area contributed by atoms with E-state index in [0.717, 1.165) is 0 Å². The molecule has 0 aliphatic carbocycles. The van der Waals surface area contributed by atoms with Crippen LogP contribution in [-0.4, -0.2) is 0 Å². The Morgan fingerprint density at radius 2 is 0.595 bits per heavy atom. The predicted molar refractivity (Wildman–Crippen MR) is 186 cm³/mol. The molecule has 8 aromatic carbocycles. The molecule has 0 unspecified atom stereocenters. The van der Waals surface area contributed by atoms with Gasteiger partial charge in [-0.1, -0.05) is 109 Å². The molecular formula is C40H22S2. The van der Waals surface area contributed by atoms with Crippen LogP contribution in [0.4, 0.5) is 0 Å². The van der Waals surface area contributed by atoms with E-state index in [1.54, 1.807) is 0 Å². The lowest BCUT2D eigenvalue weighted by molar-refractivity contribution is 1.76. The lowest BCUT2D eigenvalue weighted by Gasteiger charge is -2.13. The van der Waals surface area contributed by atoms with Crippen LogP contribution < -0.4 is 0 Å². The van der Waals surface area contributed by atoms with Gasteiger partial charge in [0.15, 0.2) is 0 Å². The quantitative estimate of drug-likeness (QED) is 0.187. The summed E-state index contributed by atoms with van der Waals surface area (Å²) in [7, 11) is 0. The maximum Gasteiger partial charge on any atom is 0.0449 e. The average Bonchev–Trinajstić information content (AvgIpc) is 3.73. The molecule has 0 saturated heterocycles. The Labute approximate surface area is 250 Å². The van der Waals surface area contributed by atoms with Crippen molar-refractivity contribution < 1.29 is 0 Å². The fourth-order valence-corrected chi connectivity index (χ4v) is 9.31. The van der Waals surface area contributed by atoms with Crippen molar-refractivity contribution >= 4 is 87.3 Å². The molecule has 0 aliphatic heterocycles. The third-order valence-electron chi connectivity index (χ3n) is 9.04. The van der Waals surface area contributed by atoms with E-state index in [2.05, 4.69) is 133 Å². The minimum atomic E-state index is 1.31. The van der Waals surface area contributed by atoms with E-state index in [0.29, 0.717) is 0 Å². The van der Waals surface area contributed by atoms with Crippen molar-refractivity contribution in [2.24, 2.45) is 0 Å². The number of hydrogen-bond acceptors (Lipinski definition) is 2. The first-order valence-electron chi connectivity index (χ1n) is 14.3. The Balaban J connectivity index is 1.09. The van der Waals surface area contributed by atoms with Crippen LogP contribution >= 0.6 is 22.7 Å². The third-order valence-corrected chi connectivity index (χ3v) is 11.5. The molecular weight excluding hydrogens is 545 g/mol. The second-order valence-corrected chi connectivity index (χ2v) is 13.4. The zero-order chi connectivity index (χ0) is 27.4. The van der Waals surface area contributed by atoms with Gasteiger partial charge in [-0.15, -0.1) is 22.7 Å². The molecule has 0 fully saturated rings. The first-order valence-corrected chi connectivity index (χ1v) is 16.0. The molecule has 0 amide bonds. The fraction of sp³-hybridized carbons (Fsp3) is 0. The van der Waals surface area contributed by atoms with Gasteiger partial charge in [0.2, 0.25) is 0 Å². The van der Waals surface area contributed by atoms with Gasteiger partial charge in [-0.2, -0.15) is 0 Å². The smallest absolute Gasteiger partial charge is 0.0449 e. The van der Waals surface area contributed by atoms with Crippen LogP contribution in [0.15, 0.2) is 133 Å². The van der Waals surface area contributed by atoms with Crippen LogP contribution in [0, 0.1) is 0 Å². The first-order chi connectivity index (χ1) is 20.8. The molecule has 2 aromatic heterocycles. The summed E-state index contributed by atoms with van der Waals surface area (Å²) >= 11 is 3.80. The van der Waals surface area contributed by atoms with E-state index >= 15 is 0 Å². The molecule has 0 aliphatic rings. The van der Waals surface area contributed by atoms with Crippen LogP contribution in [-0.2, 0) is 0 Å². The Morgan fingerprint density at radius 1 is 0.262 bits per heavy atom. The Hall–Kier alpha value is -4.76. The van der Waals surface area contributed by atoms with E-state index in [1.807, 2.05) is 22.7 Å². The van der Waals surface area contributed by atoms with Crippen LogP contribution in [0.3, 0.4) is 0 Å². The maximum absolute atomic E-state index is 2.32. The summed E-state index contributed by atoms with van der Waals surface area (Å²) in [5.41, 5.74) is 2.64. The van der Waals surface area contributed by atoms with Crippen LogP contribution in [0.2, 0.25) is 0 Å². The van der Waals surface area contributed by atoms with Crippen molar-refractivity contribution in [3.8, 4) is 30.6 Å². The summed E-state index contributed by atoms with van der Waals surface area (Å²) in [6.45, 7) is 0. The van der Waals surface area contributed by atoms with Gasteiger partial charge < -0.3 is 0 Å². The summed E-state index contributed by atoms with van der Waals surface area (Å²) in [5, 5.41) is 16.1. The monoisotopic (exact) mass is 566 g/mol. The first kappa shape index (κ1) is 22.9. The highest BCUT2D eigenvalue weighted by molar-refractivity contribution is 7.25. The predicted octanol–water partition coefficient (Wildman–Crippen LogP) is 12.6. The summed E-state index contributed by atoms with van der Waals surface area (Å²) in [6.07, 6.45) is 0. The van der Waals surface area contributed by atoms with Gasteiger partial charge in [0.05, 0.1) is 0 Å². The zero-order valence-electron chi connectivity index (χ0n) is 22.5. The van der Waals surface area contributed by atoms with Crippen LogP contribution in [0.5, 0.6) is 0 Å². The molecule has 0 nitrogen and oxygen atoms in total. The summed E-state index contributed by atoms with van der Waals surface area (Å²) in [4.78, 5) is 5.29. The van der Waals surface area contributed by atoms with Crippen molar-refractivity contribution in [1.82, 2.24) is 0 Å². The van der Waals surface area contributed by atoms with E-state index in [9.17, 15) is 0 Å². The van der Waals surface area contributed by atoms with Crippen molar-refractivity contribution in [3.63, 3.8) is 0 Å². The molecule has 0 spiro atoms. The molecule has 2 heteroatoms. The second-order valence-electron chi connectivity index (χ2n) is 11.3. The van der Waals surface area contributed by atoms with E-state index in [4.69, 9.17) is 0 Å². The van der Waals surface area contributed by atoms with E-state index in [-0.39, 0.29) is 0 Å². The second kappa shape index (κ2) is 8.39. The number of rotatable bonds is 3. The van der Waals surface area contributed by atoms with Gasteiger partial charge in [-0.3, -0.25) is 0 Å². The molecule has 0 bridgehead atoms. The Kier molecular flexibility index (Phi) is 4.57. The van der Waals surface area contributed by atoms with Gasteiger partial charge in [0, 0.05) is 19.5 Å². The number of thiophene rings is 2. The summed E-state index contributed by atoms with van der Waals surface area (Å²) < 4.78 is 0. The topological polar surface area (TPSA) is 0 Å². The van der Waals surface area contributed by atoms with Crippen LogP contribution in [0.25, 0.3) is 95.3 Å². The Morgan fingerprint density at radius 3 is 1.02 bits per heavy atom. The fourth-order valence-electron chi connectivity index (χ4n) is 7.13. The van der Waals surface area contributed by atoms with Gasteiger partial charge >= 0.3 is 0 Å². The van der Waals surface area contributed by atoms with E-state index in [1.165, 1.54) is 95.3 Å². The third kappa shape index (κ3) is 3.11. The summed E-state index contributed by atoms with van der Waals surface area (Å²) in [6, 6.07) is 49.9. The number of benzene rings is 8.